The predicted molar refractivity (Wildman–Crippen MR) is 135 cm³/mol. The zero-order valence-electron chi connectivity index (χ0n) is 20.2. The summed E-state index contributed by atoms with van der Waals surface area (Å²) >= 11 is 0. The Morgan fingerprint density at radius 1 is 0.971 bits per heavy atom. The summed E-state index contributed by atoms with van der Waals surface area (Å²) in [6.45, 7) is 7.36. The third-order valence-corrected chi connectivity index (χ3v) is 5.96. The third kappa shape index (κ3) is 7.28. The van der Waals surface area contributed by atoms with E-state index in [2.05, 4.69) is 20.0 Å². The molecule has 2 aromatic carbocycles. The minimum absolute atomic E-state index is 0.00504. The van der Waals surface area contributed by atoms with Crippen LogP contribution in [-0.4, -0.2) is 37.5 Å². The standard InChI is InChI=1S/C25H28N4O5S/c1-16(2)34-22-12-6-19(15-23(22)33-5)7-13-24(30)28-20-8-10-21(11-9-20)35(31,32)29-25-26-17(3)14-18(4)27-25/h6-16H,1-5H3,(H,28,30)(H,26,27,29)/b13-7+. The van der Waals surface area contributed by atoms with Gasteiger partial charge in [-0.25, -0.2) is 23.1 Å². The summed E-state index contributed by atoms with van der Waals surface area (Å²) in [4.78, 5) is 20.5. The molecule has 0 bridgehead atoms. The summed E-state index contributed by atoms with van der Waals surface area (Å²) in [7, 11) is -2.33. The topological polar surface area (TPSA) is 120 Å². The van der Waals surface area contributed by atoms with Crippen molar-refractivity contribution >= 4 is 33.6 Å². The first-order valence-electron chi connectivity index (χ1n) is 10.8. The van der Waals surface area contributed by atoms with Gasteiger partial charge in [0.15, 0.2) is 11.5 Å². The molecule has 10 heteroatoms. The number of methoxy groups -OCH3 is 1. The van der Waals surface area contributed by atoms with Crippen molar-refractivity contribution in [2.75, 3.05) is 17.1 Å². The van der Waals surface area contributed by atoms with Gasteiger partial charge in [-0.2, -0.15) is 0 Å². The second kappa shape index (κ2) is 11.0. The molecular formula is C25H28N4O5S. The van der Waals surface area contributed by atoms with Crippen molar-refractivity contribution < 1.29 is 22.7 Å². The fourth-order valence-corrected chi connectivity index (χ4v) is 4.11. The van der Waals surface area contributed by atoms with Gasteiger partial charge < -0.3 is 14.8 Å². The van der Waals surface area contributed by atoms with Gasteiger partial charge in [-0.05, 0) is 81.8 Å². The largest absolute Gasteiger partial charge is 0.493 e. The molecule has 2 N–H and O–H groups in total. The smallest absolute Gasteiger partial charge is 0.264 e. The van der Waals surface area contributed by atoms with Crippen LogP contribution in [0.15, 0.2) is 59.5 Å². The van der Waals surface area contributed by atoms with E-state index in [0.717, 1.165) is 5.56 Å². The van der Waals surface area contributed by atoms with Crippen LogP contribution in [0.25, 0.3) is 6.08 Å². The highest BCUT2D eigenvalue weighted by Crippen LogP contribution is 2.29. The molecule has 1 amide bonds. The van der Waals surface area contributed by atoms with E-state index in [1.807, 2.05) is 19.9 Å². The molecule has 3 rings (SSSR count). The van der Waals surface area contributed by atoms with Crippen LogP contribution in [0.3, 0.4) is 0 Å². The zero-order valence-corrected chi connectivity index (χ0v) is 21.0. The Labute approximate surface area is 205 Å². The van der Waals surface area contributed by atoms with E-state index in [1.165, 1.54) is 30.3 Å². The van der Waals surface area contributed by atoms with E-state index in [-0.39, 0.29) is 22.9 Å². The number of amides is 1. The highest BCUT2D eigenvalue weighted by Gasteiger charge is 2.16. The van der Waals surface area contributed by atoms with Crippen LogP contribution in [-0.2, 0) is 14.8 Å². The van der Waals surface area contributed by atoms with Gasteiger partial charge in [-0.3, -0.25) is 4.79 Å². The van der Waals surface area contributed by atoms with E-state index in [0.29, 0.717) is 28.6 Å². The molecule has 184 valence electrons. The average Bonchev–Trinajstić information content (AvgIpc) is 2.77. The lowest BCUT2D eigenvalue weighted by molar-refractivity contribution is -0.111. The van der Waals surface area contributed by atoms with E-state index >= 15 is 0 Å². The molecule has 0 saturated carbocycles. The summed E-state index contributed by atoms with van der Waals surface area (Å²) in [6.07, 6.45) is 3.03. The first kappa shape index (κ1) is 25.7. The number of hydrogen-bond acceptors (Lipinski definition) is 7. The Hall–Kier alpha value is -3.92. The minimum atomic E-state index is -3.88. The normalized spacial score (nSPS) is 11.5. The SMILES string of the molecule is COc1cc(/C=C/C(=O)Nc2ccc(S(=O)(=O)Nc3nc(C)cc(C)n3)cc2)ccc1OC(C)C. The Bertz CT molecular complexity index is 1320. The molecular weight excluding hydrogens is 468 g/mol. The molecule has 0 aliphatic carbocycles. The lowest BCUT2D eigenvalue weighted by atomic mass is 10.2. The molecule has 1 heterocycles. The second-order valence-corrected chi connectivity index (χ2v) is 9.69. The van der Waals surface area contributed by atoms with Gasteiger partial charge in [-0.1, -0.05) is 6.07 Å². The maximum atomic E-state index is 12.6. The van der Waals surface area contributed by atoms with Crippen LogP contribution < -0.4 is 19.5 Å². The van der Waals surface area contributed by atoms with Gasteiger partial charge in [-0.15, -0.1) is 0 Å². The number of nitrogens with one attached hydrogen (secondary N) is 2. The van der Waals surface area contributed by atoms with Crippen molar-refractivity contribution in [3.63, 3.8) is 0 Å². The Balaban J connectivity index is 1.65. The summed E-state index contributed by atoms with van der Waals surface area (Å²) in [5, 5.41) is 2.70. The van der Waals surface area contributed by atoms with Gasteiger partial charge in [0.25, 0.3) is 10.0 Å². The molecule has 0 atom stereocenters. The fourth-order valence-electron chi connectivity index (χ4n) is 3.16. The quantitative estimate of drug-likeness (QED) is 0.423. The maximum absolute atomic E-state index is 12.6. The molecule has 1 aromatic heterocycles. The molecule has 35 heavy (non-hydrogen) atoms. The van der Waals surface area contributed by atoms with Crippen molar-refractivity contribution in [2.45, 2.75) is 38.7 Å². The molecule has 9 nitrogen and oxygen atoms in total. The second-order valence-electron chi connectivity index (χ2n) is 8.00. The number of sulfonamides is 1. The number of carbonyl (C=O) groups excluding carboxylic acids is 1. The van der Waals surface area contributed by atoms with Gasteiger partial charge in [0, 0.05) is 23.2 Å². The van der Waals surface area contributed by atoms with Crippen LogP contribution in [0.2, 0.25) is 0 Å². The lowest BCUT2D eigenvalue weighted by Crippen LogP contribution is -2.16. The number of rotatable bonds is 9. The van der Waals surface area contributed by atoms with Gasteiger partial charge in [0.2, 0.25) is 11.9 Å². The number of nitrogens with zero attached hydrogens (tertiary/aromatic N) is 2. The molecule has 3 aromatic rings. The first-order valence-corrected chi connectivity index (χ1v) is 12.3. The Kier molecular flexibility index (Phi) is 8.08. The summed E-state index contributed by atoms with van der Waals surface area (Å²) in [5.41, 5.74) is 2.51. The lowest BCUT2D eigenvalue weighted by Gasteiger charge is -2.13. The number of hydrogen-bond donors (Lipinski definition) is 2. The summed E-state index contributed by atoms with van der Waals surface area (Å²) < 4.78 is 38.7. The molecule has 0 aliphatic rings. The first-order chi connectivity index (χ1) is 16.6. The molecule has 0 saturated heterocycles. The van der Waals surface area contributed by atoms with Gasteiger partial charge in [0.1, 0.15) is 0 Å². The van der Waals surface area contributed by atoms with E-state index < -0.39 is 10.0 Å². The third-order valence-electron chi connectivity index (χ3n) is 4.62. The average molecular weight is 497 g/mol. The van der Waals surface area contributed by atoms with Crippen molar-refractivity contribution in [3.8, 4) is 11.5 Å². The van der Waals surface area contributed by atoms with Crippen molar-refractivity contribution in [1.29, 1.82) is 0 Å². The number of aromatic nitrogens is 2. The van der Waals surface area contributed by atoms with Crippen molar-refractivity contribution in [1.82, 2.24) is 9.97 Å². The van der Waals surface area contributed by atoms with Crippen LogP contribution in [0.5, 0.6) is 11.5 Å². The summed E-state index contributed by atoms with van der Waals surface area (Å²) in [5.74, 6) is 0.824. The van der Waals surface area contributed by atoms with E-state index in [4.69, 9.17) is 9.47 Å². The molecule has 0 fully saturated rings. The Morgan fingerprint density at radius 2 is 1.63 bits per heavy atom. The molecule has 0 radical (unpaired) electrons. The molecule has 0 aliphatic heterocycles. The number of ether oxygens (including phenoxy) is 2. The van der Waals surface area contributed by atoms with Gasteiger partial charge in [0.05, 0.1) is 18.1 Å². The fraction of sp³-hybridized carbons (Fsp3) is 0.240. The van der Waals surface area contributed by atoms with Crippen LogP contribution in [0.1, 0.15) is 30.8 Å². The van der Waals surface area contributed by atoms with Crippen molar-refractivity contribution in [2.24, 2.45) is 0 Å². The molecule has 0 spiro atoms. The van der Waals surface area contributed by atoms with Crippen LogP contribution in [0.4, 0.5) is 11.6 Å². The van der Waals surface area contributed by atoms with E-state index in [9.17, 15) is 13.2 Å². The van der Waals surface area contributed by atoms with Gasteiger partial charge >= 0.3 is 0 Å². The number of carbonyl (C=O) groups is 1. The number of anilines is 2. The summed E-state index contributed by atoms with van der Waals surface area (Å²) in [6, 6.07) is 12.9. The highest BCUT2D eigenvalue weighted by molar-refractivity contribution is 7.92. The maximum Gasteiger partial charge on any atom is 0.264 e. The van der Waals surface area contributed by atoms with Crippen LogP contribution >= 0.6 is 0 Å². The zero-order chi connectivity index (χ0) is 25.6. The number of benzene rings is 2. The monoisotopic (exact) mass is 496 g/mol. The Morgan fingerprint density at radius 3 is 2.23 bits per heavy atom. The highest BCUT2D eigenvalue weighted by atomic mass is 32.2. The van der Waals surface area contributed by atoms with Crippen molar-refractivity contribution in [3.05, 3.63) is 71.6 Å². The minimum Gasteiger partial charge on any atom is -0.493 e. The number of aryl methyl sites for hydroxylation is 2. The molecule has 0 unspecified atom stereocenters. The van der Waals surface area contributed by atoms with Crippen LogP contribution in [0, 0.1) is 13.8 Å². The predicted octanol–water partition coefficient (Wildman–Crippen LogP) is 4.34. The van der Waals surface area contributed by atoms with E-state index in [1.54, 1.807) is 45.2 Å².